The first kappa shape index (κ1) is 13.2. The van der Waals surface area contributed by atoms with E-state index in [1.165, 1.54) is 10.4 Å². The third kappa shape index (κ3) is 4.56. The Morgan fingerprint density at radius 1 is 1.28 bits per heavy atom. The SMILES string of the molecule is CN(CCNCc1cccs1)Cc1ccncc1. The molecule has 0 saturated heterocycles. The van der Waals surface area contributed by atoms with Gasteiger partial charge in [0.25, 0.3) is 0 Å². The van der Waals surface area contributed by atoms with E-state index in [0.29, 0.717) is 0 Å². The molecule has 2 aromatic heterocycles. The maximum Gasteiger partial charge on any atom is 0.0300 e. The number of aromatic nitrogens is 1. The monoisotopic (exact) mass is 261 g/mol. The molecule has 0 radical (unpaired) electrons. The number of pyridine rings is 1. The van der Waals surface area contributed by atoms with Gasteiger partial charge in [0.1, 0.15) is 0 Å². The Morgan fingerprint density at radius 2 is 2.11 bits per heavy atom. The van der Waals surface area contributed by atoms with E-state index in [4.69, 9.17) is 0 Å². The van der Waals surface area contributed by atoms with Crippen LogP contribution in [0.2, 0.25) is 0 Å². The minimum absolute atomic E-state index is 0.973. The van der Waals surface area contributed by atoms with E-state index in [-0.39, 0.29) is 0 Å². The van der Waals surface area contributed by atoms with Gasteiger partial charge in [-0.05, 0) is 36.2 Å². The lowest BCUT2D eigenvalue weighted by molar-refractivity contribution is 0.324. The lowest BCUT2D eigenvalue weighted by Crippen LogP contribution is -2.28. The molecule has 96 valence electrons. The van der Waals surface area contributed by atoms with Gasteiger partial charge in [-0.3, -0.25) is 4.98 Å². The predicted molar refractivity (Wildman–Crippen MR) is 76.6 cm³/mol. The minimum atomic E-state index is 0.973. The molecule has 18 heavy (non-hydrogen) atoms. The van der Waals surface area contributed by atoms with Crippen LogP contribution in [0, 0.1) is 0 Å². The Labute approximate surface area is 112 Å². The van der Waals surface area contributed by atoms with Gasteiger partial charge in [-0.15, -0.1) is 11.3 Å². The molecule has 0 unspecified atom stereocenters. The number of nitrogens with zero attached hydrogens (tertiary/aromatic N) is 2. The van der Waals surface area contributed by atoms with E-state index in [1.807, 2.05) is 12.4 Å². The number of nitrogens with one attached hydrogen (secondary N) is 1. The summed E-state index contributed by atoms with van der Waals surface area (Å²) < 4.78 is 0. The van der Waals surface area contributed by atoms with Crippen LogP contribution in [-0.4, -0.2) is 30.0 Å². The van der Waals surface area contributed by atoms with E-state index in [2.05, 4.69) is 51.9 Å². The van der Waals surface area contributed by atoms with Crippen molar-refractivity contribution in [3.63, 3.8) is 0 Å². The lowest BCUT2D eigenvalue weighted by Gasteiger charge is -2.16. The van der Waals surface area contributed by atoms with Crippen LogP contribution in [-0.2, 0) is 13.1 Å². The zero-order chi connectivity index (χ0) is 12.6. The molecule has 0 bridgehead atoms. The average Bonchev–Trinajstić information content (AvgIpc) is 2.89. The molecular formula is C14H19N3S. The van der Waals surface area contributed by atoms with Gasteiger partial charge in [-0.2, -0.15) is 0 Å². The number of likely N-dealkylation sites (N-methyl/N-ethyl adjacent to an activating group) is 1. The largest absolute Gasteiger partial charge is 0.311 e. The molecular weight excluding hydrogens is 242 g/mol. The summed E-state index contributed by atoms with van der Waals surface area (Å²) in [4.78, 5) is 7.74. The number of rotatable bonds is 7. The van der Waals surface area contributed by atoms with Gasteiger partial charge in [0.05, 0.1) is 0 Å². The summed E-state index contributed by atoms with van der Waals surface area (Å²) in [5.41, 5.74) is 1.31. The van der Waals surface area contributed by atoms with Crippen molar-refractivity contribution in [1.82, 2.24) is 15.2 Å². The van der Waals surface area contributed by atoms with Crippen molar-refractivity contribution < 1.29 is 0 Å². The second-order valence-electron chi connectivity index (χ2n) is 4.35. The molecule has 2 rings (SSSR count). The molecule has 0 aliphatic rings. The summed E-state index contributed by atoms with van der Waals surface area (Å²) in [7, 11) is 2.15. The summed E-state index contributed by atoms with van der Waals surface area (Å²) in [6, 6.07) is 8.39. The first-order valence-electron chi connectivity index (χ1n) is 6.15. The van der Waals surface area contributed by atoms with Crippen LogP contribution in [0.3, 0.4) is 0 Å². The van der Waals surface area contributed by atoms with E-state index >= 15 is 0 Å². The first-order valence-corrected chi connectivity index (χ1v) is 7.03. The van der Waals surface area contributed by atoms with Gasteiger partial charge >= 0.3 is 0 Å². The summed E-state index contributed by atoms with van der Waals surface area (Å²) in [6.07, 6.45) is 3.69. The fraction of sp³-hybridized carbons (Fsp3) is 0.357. The molecule has 2 heterocycles. The van der Waals surface area contributed by atoms with Gasteiger partial charge in [-0.25, -0.2) is 0 Å². The van der Waals surface area contributed by atoms with E-state index in [1.54, 1.807) is 11.3 Å². The van der Waals surface area contributed by atoms with Crippen molar-refractivity contribution in [2.24, 2.45) is 0 Å². The fourth-order valence-corrected chi connectivity index (χ4v) is 2.45. The maximum atomic E-state index is 4.03. The summed E-state index contributed by atoms with van der Waals surface area (Å²) in [6.45, 7) is 4.01. The van der Waals surface area contributed by atoms with Crippen LogP contribution in [0.5, 0.6) is 0 Å². The van der Waals surface area contributed by atoms with Crippen LogP contribution in [0.15, 0.2) is 42.0 Å². The van der Waals surface area contributed by atoms with Gasteiger partial charge in [0.15, 0.2) is 0 Å². The van der Waals surface area contributed by atoms with Crippen molar-refractivity contribution in [2.45, 2.75) is 13.1 Å². The van der Waals surface area contributed by atoms with Crippen LogP contribution in [0.1, 0.15) is 10.4 Å². The second-order valence-corrected chi connectivity index (χ2v) is 5.38. The van der Waals surface area contributed by atoms with Gasteiger partial charge in [0, 0.05) is 43.4 Å². The number of thiophene rings is 1. The number of hydrogen-bond donors (Lipinski definition) is 1. The Kier molecular flexibility index (Phi) is 5.33. The predicted octanol–water partition coefficient (Wildman–Crippen LogP) is 2.36. The highest BCUT2D eigenvalue weighted by Crippen LogP contribution is 2.07. The van der Waals surface area contributed by atoms with Gasteiger partial charge < -0.3 is 10.2 Å². The summed E-state index contributed by atoms with van der Waals surface area (Å²) >= 11 is 1.80. The molecule has 0 fully saturated rings. The molecule has 0 aliphatic heterocycles. The average molecular weight is 261 g/mol. The molecule has 0 amide bonds. The lowest BCUT2D eigenvalue weighted by atomic mass is 10.2. The third-order valence-corrected chi connectivity index (χ3v) is 3.63. The molecule has 1 N–H and O–H groups in total. The zero-order valence-electron chi connectivity index (χ0n) is 10.7. The van der Waals surface area contributed by atoms with Crippen LogP contribution in [0.25, 0.3) is 0 Å². The van der Waals surface area contributed by atoms with Crippen molar-refractivity contribution in [3.05, 3.63) is 52.5 Å². The Hall–Kier alpha value is -1.23. The number of hydrogen-bond acceptors (Lipinski definition) is 4. The van der Waals surface area contributed by atoms with Crippen LogP contribution in [0.4, 0.5) is 0 Å². The Bertz CT molecular complexity index is 428. The van der Waals surface area contributed by atoms with Gasteiger partial charge in [-0.1, -0.05) is 6.07 Å². The first-order chi connectivity index (χ1) is 8.84. The molecule has 0 aliphatic carbocycles. The Balaban J connectivity index is 1.62. The highest BCUT2D eigenvalue weighted by molar-refractivity contribution is 7.09. The molecule has 0 atom stereocenters. The highest BCUT2D eigenvalue weighted by atomic mass is 32.1. The Morgan fingerprint density at radius 3 is 2.83 bits per heavy atom. The van der Waals surface area contributed by atoms with Crippen LogP contribution < -0.4 is 5.32 Å². The van der Waals surface area contributed by atoms with Crippen molar-refractivity contribution in [2.75, 3.05) is 20.1 Å². The topological polar surface area (TPSA) is 28.2 Å². The molecule has 0 spiro atoms. The van der Waals surface area contributed by atoms with Gasteiger partial charge in [0.2, 0.25) is 0 Å². The molecule has 0 saturated carbocycles. The third-order valence-electron chi connectivity index (χ3n) is 2.75. The van der Waals surface area contributed by atoms with E-state index in [0.717, 1.165) is 26.2 Å². The maximum absolute atomic E-state index is 4.03. The quantitative estimate of drug-likeness (QED) is 0.776. The van der Waals surface area contributed by atoms with Crippen molar-refractivity contribution in [1.29, 1.82) is 0 Å². The molecule has 2 aromatic rings. The highest BCUT2D eigenvalue weighted by Gasteiger charge is 1.99. The van der Waals surface area contributed by atoms with Crippen molar-refractivity contribution in [3.8, 4) is 0 Å². The van der Waals surface area contributed by atoms with Crippen molar-refractivity contribution >= 4 is 11.3 Å². The second kappa shape index (κ2) is 7.26. The molecule has 3 nitrogen and oxygen atoms in total. The summed E-state index contributed by atoms with van der Waals surface area (Å²) in [5.74, 6) is 0. The smallest absolute Gasteiger partial charge is 0.0300 e. The van der Waals surface area contributed by atoms with Crippen LogP contribution >= 0.6 is 11.3 Å². The molecule has 4 heteroatoms. The minimum Gasteiger partial charge on any atom is -0.311 e. The molecule has 0 aromatic carbocycles. The summed E-state index contributed by atoms with van der Waals surface area (Å²) in [5, 5.41) is 5.58. The standard InChI is InChI=1S/C14H19N3S/c1-17(12-13-4-6-15-7-5-13)9-8-16-11-14-3-2-10-18-14/h2-7,10,16H,8-9,11-12H2,1H3. The normalized spacial score (nSPS) is 11.0. The fourth-order valence-electron chi connectivity index (χ4n) is 1.77. The zero-order valence-corrected chi connectivity index (χ0v) is 11.5. The van der Waals surface area contributed by atoms with E-state index in [9.17, 15) is 0 Å². The van der Waals surface area contributed by atoms with E-state index < -0.39 is 0 Å².